The van der Waals surface area contributed by atoms with Crippen LogP contribution in [-0.2, 0) is 6.18 Å². The van der Waals surface area contributed by atoms with Gasteiger partial charge in [0.25, 0.3) is 0 Å². The van der Waals surface area contributed by atoms with Crippen molar-refractivity contribution in [2.75, 3.05) is 0 Å². The second-order valence-electron chi connectivity index (χ2n) is 2.96. The molecule has 0 atom stereocenters. The van der Waals surface area contributed by atoms with Gasteiger partial charge in [-0.2, -0.15) is 23.5 Å². The molecule has 1 aromatic carbocycles. The molecule has 0 radical (unpaired) electrons. The van der Waals surface area contributed by atoms with E-state index in [1.807, 2.05) is 0 Å². The summed E-state index contributed by atoms with van der Waals surface area (Å²) in [5.41, 5.74) is -0.675. The molecule has 0 aliphatic carbocycles. The third-order valence-corrected chi connectivity index (χ3v) is 2.01. The number of aromatic nitrogens is 2. The van der Waals surface area contributed by atoms with Crippen molar-refractivity contribution < 1.29 is 13.2 Å². The summed E-state index contributed by atoms with van der Waals surface area (Å²) in [6, 6.07) is 3.46. The maximum absolute atomic E-state index is 12.4. The van der Waals surface area contributed by atoms with Crippen LogP contribution in [0.4, 0.5) is 13.2 Å². The zero-order chi connectivity index (χ0) is 11.1. The number of fused-ring (bicyclic) bond motifs is 1. The van der Waals surface area contributed by atoms with Gasteiger partial charge in [-0.05, 0) is 12.1 Å². The number of hydrogen-bond acceptors (Lipinski definition) is 2. The molecule has 0 saturated carbocycles. The summed E-state index contributed by atoms with van der Waals surface area (Å²) in [5.74, 6) is 0. The molecule has 6 heteroatoms. The number of rotatable bonds is 0. The Kier molecular flexibility index (Phi) is 1.89. The van der Waals surface area contributed by atoms with E-state index in [1.54, 1.807) is 6.07 Å². The monoisotopic (exact) mass is 211 g/mol. The van der Waals surface area contributed by atoms with Crippen molar-refractivity contribution in [3.8, 4) is 6.07 Å². The summed E-state index contributed by atoms with van der Waals surface area (Å²) in [7, 11) is 0. The molecule has 0 fully saturated rings. The number of benzene rings is 1. The van der Waals surface area contributed by atoms with E-state index < -0.39 is 11.7 Å². The lowest BCUT2D eigenvalue weighted by molar-refractivity contribution is -0.137. The largest absolute Gasteiger partial charge is 0.416 e. The Morgan fingerprint density at radius 2 is 2.07 bits per heavy atom. The van der Waals surface area contributed by atoms with Crippen LogP contribution in [0.15, 0.2) is 18.3 Å². The molecule has 1 N–H and O–H groups in total. The standard InChI is InChI=1S/C9H4F3N3/c10-9(11,12)6-1-5(3-13)7-4-14-15-8(7)2-6/h1-2,4H,(H,14,15). The Hall–Kier alpha value is -2.03. The number of alkyl halides is 3. The number of aromatic amines is 1. The van der Waals surface area contributed by atoms with Crippen molar-refractivity contribution in [1.29, 1.82) is 5.26 Å². The number of nitrogens with zero attached hydrogens (tertiary/aromatic N) is 2. The summed E-state index contributed by atoms with van der Waals surface area (Å²) in [4.78, 5) is 0. The Balaban J connectivity index is 2.76. The molecule has 1 aromatic heterocycles. The van der Waals surface area contributed by atoms with Crippen molar-refractivity contribution in [2.24, 2.45) is 0 Å². The highest BCUT2D eigenvalue weighted by molar-refractivity contribution is 5.85. The van der Waals surface area contributed by atoms with E-state index in [1.165, 1.54) is 6.20 Å². The first-order chi connectivity index (χ1) is 7.02. The summed E-state index contributed by atoms with van der Waals surface area (Å²) in [5, 5.41) is 15.1. The lowest BCUT2D eigenvalue weighted by Gasteiger charge is -2.06. The van der Waals surface area contributed by atoms with Crippen molar-refractivity contribution in [3.05, 3.63) is 29.5 Å². The minimum atomic E-state index is -4.45. The normalized spacial score (nSPS) is 11.6. The van der Waals surface area contributed by atoms with E-state index in [2.05, 4.69) is 10.2 Å². The lowest BCUT2D eigenvalue weighted by Crippen LogP contribution is -2.05. The number of H-pyrrole nitrogens is 1. The molecule has 0 aliphatic heterocycles. The van der Waals surface area contributed by atoms with Crippen LogP contribution in [0.3, 0.4) is 0 Å². The summed E-state index contributed by atoms with van der Waals surface area (Å²) in [6.07, 6.45) is -3.13. The molecule has 76 valence electrons. The van der Waals surface area contributed by atoms with Crippen molar-refractivity contribution >= 4 is 10.9 Å². The van der Waals surface area contributed by atoms with Crippen molar-refractivity contribution in [2.45, 2.75) is 6.18 Å². The summed E-state index contributed by atoms with van der Waals surface area (Å²) >= 11 is 0. The lowest BCUT2D eigenvalue weighted by atomic mass is 10.1. The van der Waals surface area contributed by atoms with Gasteiger partial charge < -0.3 is 0 Å². The zero-order valence-corrected chi connectivity index (χ0v) is 7.26. The molecule has 0 saturated heterocycles. The Morgan fingerprint density at radius 3 is 2.67 bits per heavy atom. The molecule has 0 bridgehead atoms. The molecular formula is C9H4F3N3. The molecule has 2 rings (SSSR count). The molecule has 0 spiro atoms. The van der Waals surface area contributed by atoms with Gasteiger partial charge in [-0.1, -0.05) is 0 Å². The van der Waals surface area contributed by atoms with Gasteiger partial charge >= 0.3 is 6.18 Å². The average Bonchev–Trinajstić information content (AvgIpc) is 2.62. The van der Waals surface area contributed by atoms with Crippen LogP contribution in [0, 0.1) is 11.3 Å². The maximum Gasteiger partial charge on any atom is 0.416 e. The van der Waals surface area contributed by atoms with Crippen LogP contribution in [0.5, 0.6) is 0 Å². The fraction of sp³-hybridized carbons (Fsp3) is 0.111. The number of hydrogen-bond donors (Lipinski definition) is 1. The minimum absolute atomic E-state index is 0.0337. The van der Waals surface area contributed by atoms with Crippen LogP contribution in [0.1, 0.15) is 11.1 Å². The number of nitrogens with one attached hydrogen (secondary N) is 1. The van der Waals surface area contributed by atoms with Gasteiger partial charge in [-0.15, -0.1) is 0 Å². The fourth-order valence-corrected chi connectivity index (χ4v) is 1.31. The number of halogens is 3. The SMILES string of the molecule is N#Cc1cc(C(F)(F)F)cc2[nH]ncc12. The first kappa shape index (κ1) is 9.52. The first-order valence-corrected chi connectivity index (χ1v) is 3.97. The summed E-state index contributed by atoms with van der Waals surface area (Å²) < 4.78 is 37.2. The average molecular weight is 211 g/mol. The molecule has 2 aromatic rings. The predicted octanol–water partition coefficient (Wildman–Crippen LogP) is 2.45. The topological polar surface area (TPSA) is 52.5 Å². The highest BCUT2D eigenvalue weighted by Crippen LogP contribution is 2.32. The predicted molar refractivity (Wildman–Crippen MR) is 45.8 cm³/mol. The zero-order valence-electron chi connectivity index (χ0n) is 7.26. The van der Waals surface area contributed by atoms with Crippen LogP contribution >= 0.6 is 0 Å². The molecule has 0 unspecified atom stereocenters. The van der Waals surface area contributed by atoms with Crippen molar-refractivity contribution in [3.63, 3.8) is 0 Å². The van der Waals surface area contributed by atoms with E-state index in [0.29, 0.717) is 5.39 Å². The van der Waals surface area contributed by atoms with E-state index in [0.717, 1.165) is 12.1 Å². The fourth-order valence-electron chi connectivity index (χ4n) is 1.31. The van der Waals surface area contributed by atoms with E-state index in [-0.39, 0.29) is 11.1 Å². The summed E-state index contributed by atoms with van der Waals surface area (Å²) in [6.45, 7) is 0. The van der Waals surface area contributed by atoms with Gasteiger partial charge in [0.05, 0.1) is 28.9 Å². The van der Waals surface area contributed by atoms with Crippen molar-refractivity contribution in [1.82, 2.24) is 10.2 Å². The third-order valence-electron chi connectivity index (χ3n) is 2.01. The van der Waals surface area contributed by atoms with Gasteiger partial charge in [0.15, 0.2) is 0 Å². The minimum Gasteiger partial charge on any atom is -0.278 e. The van der Waals surface area contributed by atoms with Crippen LogP contribution < -0.4 is 0 Å². The molecule has 3 nitrogen and oxygen atoms in total. The molecule has 15 heavy (non-hydrogen) atoms. The van der Waals surface area contributed by atoms with E-state index in [4.69, 9.17) is 5.26 Å². The number of nitriles is 1. The molecule has 0 aliphatic rings. The molecular weight excluding hydrogens is 207 g/mol. The van der Waals surface area contributed by atoms with Crippen LogP contribution in [0.2, 0.25) is 0 Å². The van der Waals surface area contributed by atoms with E-state index in [9.17, 15) is 13.2 Å². The second kappa shape index (κ2) is 2.98. The van der Waals surface area contributed by atoms with Gasteiger partial charge in [0, 0.05) is 5.39 Å². The van der Waals surface area contributed by atoms with E-state index >= 15 is 0 Å². The molecule has 0 amide bonds. The van der Waals surface area contributed by atoms with Gasteiger partial charge in [-0.3, -0.25) is 5.10 Å². The van der Waals surface area contributed by atoms with Crippen LogP contribution in [0.25, 0.3) is 10.9 Å². The Labute approximate surface area is 82.1 Å². The maximum atomic E-state index is 12.4. The second-order valence-corrected chi connectivity index (χ2v) is 2.96. The Bertz CT molecular complexity index is 548. The first-order valence-electron chi connectivity index (χ1n) is 3.97. The Morgan fingerprint density at radius 1 is 1.33 bits per heavy atom. The van der Waals surface area contributed by atoms with Gasteiger partial charge in [0.1, 0.15) is 0 Å². The quantitative estimate of drug-likeness (QED) is 0.727. The highest BCUT2D eigenvalue weighted by Gasteiger charge is 2.31. The smallest absolute Gasteiger partial charge is 0.278 e. The third kappa shape index (κ3) is 1.52. The highest BCUT2D eigenvalue weighted by atomic mass is 19.4. The van der Waals surface area contributed by atoms with Gasteiger partial charge in [-0.25, -0.2) is 0 Å². The molecule has 1 heterocycles. The van der Waals surface area contributed by atoms with Gasteiger partial charge in [0.2, 0.25) is 0 Å². The van der Waals surface area contributed by atoms with Crippen LogP contribution in [-0.4, -0.2) is 10.2 Å².